The molecule has 1 aromatic rings. The highest BCUT2D eigenvalue weighted by molar-refractivity contribution is 5.76. The number of nitrogens with zero attached hydrogens (tertiary/aromatic N) is 2. The lowest BCUT2D eigenvalue weighted by atomic mass is 9.76. The van der Waals surface area contributed by atoms with Crippen LogP contribution in [0, 0.1) is 5.92 Å². The van der Waals surface area contributed by atoms with E-state index >= 15 is 0 Å². The van der Waals surface area contributed by atoms with Crippen LogP contribution >= 0.6 is 0 Å². The van der Waals surface area contributed by atoms with Crippen molar-refractivity contribution in [3.8, 4) is 5.75 Å². The zero-order chi connectivity index (χ0) is 12.5. The molecule has 5 nitrogen and oxygen atoms in total. The van der Waals surface area contributed by atoms with Crippen molar-refractivity contribution in [1.82, 2.24) is 9.78 Å². The Bertz CT molecular complexity index is 412. The number of hydrogen-bond donors (Lipinski definition) is 1. The van der Waals surface area contributed by atoms with Gasteiger partial charge in [-0.1, -0.05) is 19.3 Å². The van der Waals surface area contributed by atoms with Crippen molar-refractivity contribution in [3.63, 3.8) is 0 Å². The summed E-state index contributed by atoms with van der Waals surface area (Å²) < 4.78 is 6.55. The van der Waals surface area contributed by atoms with Crippen molar-refractivity contribution in [2.75, 3.05) is 7.11 Å². The van der Waals surface area contributed by atoms with E-state index in [-0.39, 0.29) is 0 Å². The van der Waals surface area contributed by atoms with Crippen LogP contribution in [-0.4, -0.2) is 28.0 Å². The smallest absolute Gasteiger partial charge is 0.331 e. The maximum Gasteiger partial charge on any atom is 0.331 e. The Morgan fingerprint density at radius 1 is 1.71 bits per heavy atom. The highest BCUT2D eigenvalue weighted by Crippen LogP contribution is 2.37. The molecule has 0 saturated heterocycles. The number of methoxy groups -OCH3 is 1. The summed E-state index contributed by atoms with van der Waals surface area (Å²) in [6.07, 6.45) is 7.28. The van der Waals surface area contributed by atoms with Gasteiger partial charge in [0, 0.05) is 0 Å². The second-order valence-corrected chi connectivity index (χ2v) is 4.90. The summed E-state index contributed by atoms with van der Waals surface area (Å²) in [5.41, 5.74) is -0.970. The average Bonchev–Trinajstić information content (AvgIpc) is 2.71. The summed E-state index contributed by atoms with van der Waals surface area (Å²) in [5.74, 6) is 0.257. The predicted octanol–water partition coefficient (Wildman–Crippen LogP) is 1.88. The zero-order valence-electron chi connectivity index (χ0n) is 10.2. The van der Waals surface area contributed by atoms with E-state index in [4.69, 9.17) is 4.74 Å². The third-order valence-corrected chi connectivity index (χ3v) is 3.67. The normalized spacial score (nSPS) is 19.4. The van der Waals surface area contributed by atoms with Gasteiger partial charge in [0.15, 0.2) is 11.3 Å². The molecule has 94 valence electrons. The predicted molar refractivity (Wildman–Crippen MR) is 62.0 cm³/mol. The zero-order valence-corrected chi connectivity index (χ0v) is 10.2. The molecule has 1 unspecified atom stereocenters. The molecule has 5 heteroatoms. The van der Waals surface area contributed by atoms with Crippen LogP contribution in [0.3, 0.4) is 0 Å². The number of aromatic nitrogens is 2. The monoisotopic (exact) mass is 238 g/mol. The van der Waals surface area contributed by atoms with Crippen molar-refractivity contribution in [2.24, 2.45) is 5.92 Å². The van der Waals surface area contributed by atoms with Crippen molar-refractivity contribution in [2.45, 2.75) is 38.1 Å². The van der Waals surface area contributed by atoms with Gasteiger partial charge >= 0.3 is 5.97 Å². The number of rotatable bonds is 5. The Hall–Kier alpha value is -1.52. The fraction of sp³-hybridized carbons (Fsp3) is 0.667. The molecule has 1 fully saturated rings. The quantitative estimate of drug-likeness (QED) is 0.850. The number of carboxylic acids is 1. The molecule has 0 aromatic carbocycles. The first kappa shape index (κ1) is 12.0. The molecular weight excluding hydrogens is 220 g/mol. The number of ether oxygens (including phenoxy) is 1. The molecule has 0 aliphatic heterocycles. The Morgan fingerprint density at radius 3 is 2.82 bits per heavy atom. The summed E-state index contributed by atoms with van der Waals surface area (Å²) in [6, 6.07) is 0. The Labute approximate surface area is 100 Å². The summed E-state index contributed by atoms with van der Waals surface area (Å²) in [6.45, 7) is 1.72. The molecule has 1 aromatic heterocycles. The van der Waals surface area contributed by atoms with Crippen LogP contribution in [0.25, 0.3) is 0 Å². The third-order valence-electron chi connectivity index (χ3n) is 3.67. The maximum atomic E-state index is 11.5. The minimum absolute atomic E-state index is 0.506. The first-order valence-electron chi connectivity index (χ1n) is 5.89. The van der Waals surface area contributed by atoms with Gasteiger partial charge in [-0.15, -0.1) is 0 Å². The van der Waals surface area contributed by atoms with Gasteiger partial charge in [-0.2, -0.15) is 5.10 Å². The van der Waals surface area contributed by atoms with Crippen LogP contribution in [-0.2, 0) is 10.3 Å². The molecule has 17 heavy (non-hydrogen) atoms. The number of carbonyl (C=O) groups is 1. The van der Waals surface area contributed by atoms with E-state index in [1.807, 2.05) is 0 Å². The Balaban J connectivity index is 2.22. The van der Waals surface area contributed by atoms with Gasteiger partial charge in [-0.05, 0) is 19.3 Å². The van der Waals surface area contributed by atoms with E-state index in [1.54, 1.807) is 26.4 Å². The largest absolute Gasteiger partial charge is 0.493 e. The van der Waals surface area contributed by atoms with Crippen molar-refractivity contribution >= 4 is 5.97 Å². The van der Waals surface area contributed by atoms with Gasteiger partial charge in [0.05, 0.1) is 19.5 Å². The van der Waals surface area contributed by atoms with Gasteiger partial charge in [0.2, 0.25) is 0 Å². The van der Waals surface area contributed by atoms with E-state index in [0.717, 1.165) is 12.8 Å². The fourth-order valence-corrected chi connectivity index (χ4v) is 2.22. The van der Waals surface area contributed by atoms with Crippen molar-refractivity contribution in [1.29, 1.82) is 0 Å². The maximum absolute atomic E-state index is 11.5. The van der Waals surface area contributed by atoms with Gasteiger partial charge in [-0.25, -0.2) is 4.79 Å². The highest BCUT2D eigenvalue weighted by atomic mass is 16.5. The second-order valence-electron chi connectivity index (χ2n) is 4.90. The topological polar surface area (TPSA) is 64.4 Å². The molecule has 0 radical (unpaired) electrons. The molecule has 0 amide bonds. The van der Waals surface area contributed by atoms with Gasteiger partial charge in [0.1, 0.15) is 0 Å². The average molecular weight is 238 g/mol. The minimum Gasteiger partial charge on any atom is -0.493 e. The Kier molecular flexibility index (Phi) is 3.09. The van der Waals surface area contributed by atoms with Crippen molar-refractivity contribution < 1.29 is 14.6 Å². The number of hydrogen-bond acceptors (Lipinski definition) is 3. The molecule has 1 heterocycles. The lowest BCUT2D eigenvalue weighted by molar-refractivity contribution is -0.148. The molecule has 1 saturated carbocycles. The van der Waals surface area contributed by atoms with E-state index < -0.39 is 11.5 Å². The van der Waals surface area contributed by atoms with Gasteiger partial charge in [0.25, 0.3) is 0 Å². The summed E-state index contributed by atoms with van der Waals surface area (Å²) in [5, 5.41) is 13.5. The van der Waals surface area contributed by atoms with E-state index in [2.05, 4.69) is 5.10 Å². The lowest BCUT2D eigenvalue weighted by Gasteiger charge is -2.34. The molecule has 2 rings (SSSR count). The van der Waals surface area contributed by atoms with Crippen LogP contribution < -0.4 is 4.74 Å². The SMILES string of the molecule is COc1cnn(C(C)(CC2CCC2)C(=O)O)c1. The van der Waals surface area contributed by atoms with Crippen LogP contribution in [0.5, 0.6) is 5.75 Å². The van der Waals surface area contributed by atoms with E-state index in [1.165, 1.54) is 11.1 Å². The standard InChI is InChI=1S/C12H18N2O3/c1-12(11(15)16,6-9-4-3-5-9)14-8-10(17-2)7-13-14/h7-9H,3-6H2,1-2H3,(H,15,16). The summed E-state index contributed by atoms with van der Waals surface area (Å²) in [4.78, 5) is 11.5. The summed E-state index contributed by atoms with van der Waals surface area (Å²) in [7, 11) is 1.55. The molecular formula is C12H18N2O3. The number of aliphatic carboxylic acids is 1. The van der Waals surface area contributed by atoms with Crippen molar-refractivity contribution in [3.05, 3.63) is 12.4 Å². The van der Waals surface area contributed by atoms with Gasteiger partial charge < -0.3 is 9.84 Å². The van der Waals surface area contributed by atoms with E-state index in [0.29, 0.717) is 18.1 Å². The van der Waals surface area contributed by atoms with Gasteiger partial charge in [-0.3, -0.25) is 4.68 Å². The van der Waals surface area contributed by atoms with Crippen LogP contribution in [0.2, 0.25) is 0 Å². The van der Waals surface area contributed by atoms with Crippen LogP contribution in [0.15, 0.2) is 12.4 Å². The molecule has 1 aliphatic rings. The molecule has 1 N–H and O–H groups in total. The van der Waals surface area contributed by atoms with E-state index in [9.17, 15) is 9.90 Å². The Morgan fingerprint density at radius 2 is 2.41 bits per heavy atom. The molecule has 0 spiro atoms. The first-order valence-corrected chi connectivity index (χ1v) is 5.89. The highest BCUT2D eigenvalue weighted by Gasteiger charge is 2.40. The molecule has 1 aliphatic carbocycles. The first-order chi connectivity index (χ1) is 8.06. The lowest BCUT2D eigenvalue weighted by Crippen LogP contribution is -2.42. The molecule has 0 bridgehead atoms. The summed E-state index contributed by atoms with van der Waals surface area (Å²) >= 11 is 0. The van der Waals surface area contributed by atoms with Crippen LogP contribution in [0.1, 0.15) is 32.6 Å². The minimum atomic E-state index is -0.970. The van der Waals surface area contributed by atoms with Crippen LogP contribution in [0.4, 0.5) is 0 Å². The number of carboxylic acid groups (broad SMARTS) is 1. The second kappa shape index (κ2) is 4.39. The third kappa shape index (κ3) is 2.14. The fourth-order valence-electron chi connectivity index (χ4n) is 2.22. The molecule has 1 atom stereocenters.